The Morgan fingerprint density at radius 3 is 0.727 bits per heavy atom. The molecule has 9 unspecified atom stereocenters. The van der Waals surface area contributed by atoms with Gasteiger partial charge in [-0.2, -0.15) is 0 Å². The fraction of sp³-hybridized carbons (Fsp3) is 0.793. The highest BCUT2D eigenvalue weighted by atomic mass is 16.7. The molecule has 0 saturated carbocycles. The zero-order valence-corrected chi connectivity index (χ0v) is 82.9. The summed E-state index contributed by atoms with van der Waals surface area (Å²) in [4.78, 5) is 238. The van der Waals surface area contributed by atoms with E-state index in [0.29, 0.717) is 64.2 Å². The normalized spacial score (nSPS) is 21.3. The highest BCUT2D eigenvalue weighted by Gasteiger charge is 2.55. The number of esters is 9. The topological polar surface area (TPSA) is 611 Å². The quantitative estimate of drug-likeness (QED) is 0.0236. The molecule has 0 aromatic rings. The van der Waals surface area contributed by atoms with Crippen molar-refractivity contribution >= 4 is 113 Å². The van der Waals surface area contributed by atoms with Crippen LogP contribution in [-0.2, 0) is 176 Å². The molecule has 0 spiro atoms. The summed E-state index contributed by atoms with van der Waals surface area (Å²) in [5.74, 6) is -10.7. The maximum atomic E-state index is 14.1. The molecule has 3 saturated heterocycles. The number of carbonyl (C=O) groups is 19. The zero-order chi connectivity index (χ0) is 103. The molecule has 0 bridgehead atoms. The molecule has 3 aliphatic heterocycles. The number of hydrogen-bond donors (Lipinski definition) is 10. The lowest BCUT2D eigenvalue weighted by Crippen LogP contribution is -2.66. The van der Waals surface area contributed by atoms with Gasteiger partial charge in [0, 0.05) is 187 Å². The van der Waals surface area contributed by atoms with Gasteiger partial charge >= 0.3 is 53.7 Å². The number of amides is 10. The van der Waals surface area contributed by atoms with E-state index in [1.54, 1.807) is 0 Å². The van der Waals surface area contributed by atoms with Crippen LogP contribution < -0.4 is 53.2 Å². The largest absolute Gasteiger partial charge is 0.463 e. The van der Waals surface area contributed by atoms with Gasteiger partial charge in [-0.1, -0.05) is 64.7 Å². The molecule has 792 valence electrons. The van der Waals surface area contributed by atoms with E-state index in [1.807, 2.05) is 0 Å². The van der Waals surface area contributed by atoms with Crippen molar-refractivity contribution in [2.24, 2.45) is 0 Å². The van der Waals surface area contributed by atoms with Gasteiger partial charge in [0.1, 0.15) is 61.8 Å². The fourth-order valence-electron chi connectivity index (χ4n) is 14.9. The first-order chi connectivity index (χ1) is 66.2. The number of nitrogens with one attached hydrogen (secondary N) is 10. The van der Waals surface area contributed by atoms with Gasteiger partial charge in [-0.15, -0.1) is 0 Å². The van der Waals surface area contributed by atoms with Crippen LogP contribution in [-0.4, -0.2) is 329 Å². The number of unbranched alkanes of at least 4 members (excludes halogenated alkanes) is 12. The average molecular weight is 1990 g/mol. The highest BCUT2D eigenvalue weighted by Crippen LogP contribution is 2.32. The van der Waals surface area contributed by atoms with E-state index in [0.717, 1.165) is 101 Å². The smallest absolute Gasteiger partial charge is 0.303 e. The van der Waals surface area contributed by atoms with E-state index in [1.165, 1.54) is 40.0 Å². The van der Waals surface area contributed by atoms with E-state index < -0.39 is 206 Å². The number of carbonyl (C=O) groups excluding carboxylic acids is 19. The minimum atomic E-state index is -1.44. The van der Waals surface area contributed by atoms with Gasteiger partial charge in [0.2, 0.25) is 59.1 Å². The van der Waals surface area contributed by atoms with Crippen molar-refractivity contribution < 1.29 is 176 Å². The van der Waals surface area contributed by atoms with E-state index in [2.05, 4.69) is 60.1 Å². The lowest BCUT2D eigenvalue weighted by atomic mass is 9.96. The summed E-state index contributed by atoms with van der Waals surface area (Å²) < 4.78 is 103. The predicted molar refractivity (Wildman–Crippen MR) is 487 cm³/mol. The zero-order valence-electron chi connectivity index (χ0n) is 82.9. The molecule has 0 aromatic carbocycles. The third kappa shape index (κ3) is 56.0. The van der Waals surface area contributed by atoms with Crippen LogP contribution in [0.2, 0.25) is 0 Å². The molecule has 10 amide bonds. The summed E-state index contributed by atoms with van der Waals surface area (Å²) in [6.45, 7) is 14.7. The minimum Gasteiger partial charge on any atom is -0.463 e. The Morgan fingerprint density at radius 1 is 0.252 bits per heavy atom. The molecule has 3 fully saturated rings. The third-order valence-corrected chi connectivity index (χ3v) is 21.2. The Morgan fingerprint density at radius 2 is 0.482 bits per heavy atom. The van der Waals surface area contributed by atoms with Gasteiger partial charge in [-0.25, -0.2) is 0 Å². The second kappa shape index (κ2) is 71.1. The van der Waals surface area contributed by atoms with Crippen LogP contribution in [0, 0.1) is 0 Å². The Hall–Kier alpha value is -10.4. The maximum Gasteiger partial charge on any atom is 0.303 e. The van der Waals surface area contributed by atoms with Crippen molar-refractivity contribution in [3.63, 3.8) is 0 Å². The summed E-state index contributed by atoms with van der Waals surface area (Å²) in [5.41, 5.74) is -1.44. The Labute approximate surface area is 812 Å². The molecule has 0 aromatic heterocycles. The molecule has 3 aliphatic rings. The summed E-state index contributed by atoms with van der Waals surface area (Å²) in [7, 11) is 0. The third-order valence-electron chi connectivity index (χ3n) is 21.2. The summed E-state index contributed by atoms with van der Waals surface area (Å²) in [6.07, 6.45) is -1.95. The van der Waals surface area contributed by atoms with Gasteiger partial charge in [-0.3, -0.25) is 91.1 Å². The number of ether oxygens (including phenoxy) is 18. The summed E-state index contributed by atoms with van der Waals surface area (Å²) >= 11 is 0. The van der Waals surface area contributed by atoms with Gasteiger partial charge in [0.15, 0.2) is 55.5 Å². The Kier molecular flexibility index (Phi) is 62.8. The average Bonchev–Trinajstić information content (AvgIpc) is 0.794. The molecule has 139 heavy (non-hydrogen) atoms. The summed E-state index contributed by atoms with van der Waals surface area (Å²) in [6, 6.07) is -3.50. The van der Waals surface area contributed by atoms with Crippen LogP contribution in [0.15, 0.2) is 0 Å². The monoisotopic (exact) mass is 1990 g/mol. The van der Waals surface area contributed by atoms with Crippen molar-refractivity contribution in [2.75, 3.05) is 119 Å². The SMILES string of the molecule is CCCCCCCCCCCCC(=O)NC(COCCC(=O)NCCCNC(=O)CCCCO[C@@H]1OC(COC(C)=O)[C@H](OC(C)=O)C(OC(C)=O)C1NC(C)=O)(COCCC(=O)NCCCNC(=O)CCCCO[C@@H]1OC(COC(C)=O)[C@H](OC(C)=O)C(OC(C)=O)C1NC(C)=O)COCCC(=O)NCCCNC(=O)CCCCO[C@@H]1OC(COC(C)=O)[C@H](OC(C)=O)C(OC(C)=O)C1NC(C)=O. The van der Waals surface area contributed by atoms with Gasteiger partial charge in [0.25, 0.3) is 0 Å². The van der Waals surface area contributed by atoms with Crippen molar-refractivity contribution in [2.45, 2.75) is 354 Å². The van der Waals surface area contributed by atoms with E-state index >= 15 is 0 Å². The van der Waals surface area contributed by atoms with Crippen LogP contribution in [0.5, 0.6) is 0 Å². The van der Waals surface area contributed by atoms with Gasteiger partial charge < -0.3 is 138 Å². The fourth-order valence-corrected chi connectivity index (χ4v) is 14.9. The second-order valence-electron chi connectivity index (χ2n) is 34.0. The van der Waals surface area contributed by atoms with E-state index in [9.17, 15) is 91.1 Å². The Bertz CT molecular complexity index is 3480. The number of rotatable bonds is 72. The molecule has 47 heteroatoms. The molecule has 47 nitrogen and oxygen atoms in total. The molecular weight excluding hydrogens is 1840 g/mol. The first kappa shape index (κ1) is 123. The van der Waals surface area contributed by atoms with Crippen molar-refractivity contribution in [1.82, 2.24) is 53.2 Å². The van der Waals surface area contributed by atoms with Crippen molar-refractivity contribution in [1.29, 1.82) is 0 Å². The lowest BCUT2D eigenvalue weighted by molar-refractivity contribution is -0.277. The standard InChI is InChI=1S/C92H152N10O37/c1-14-15-16-17-18-19-20-21-22-23-36-79(121)102-92(55-122-49-37-76(118)96-43-30-40-93-73(115)33-24-27-46-125-89-80(99-58(2)103)86(134-67(11)112)83(131-64(8)109)70(137-89)52-128-61(5)106,56-123-50-38-77(119)97-44-31-41-94-74(116)34-25-28-47-126-90-81(100-59(3)104)87(135-68(12)113)84(132-65(9)110)71(138-90)53-129-62(6)107)57-124-51-39-78(120)98-45-32-42-95-75(117)35-26-29-48-127-91-82(101-60(4)105)88(136-69(13)114)85(133-66(10)111)72(139-91)54-130-63(7)108/h70-72,80-91H,14-57H2,1-13H3,(H,93,115)(H,94,116)(H,95,117)(H,96,118)(H,97,119)(H,98,120)(H,99,103)(H,100,104)(H,101,105)(H,102,121)/t70?,71?,72?,80?,81?,82?,83-,84-,85-,86?,87?,88?,89+,90+,91+,92?/m0/s1. The van der Waals surface area contributed by atoms with Crippen LogP contribution >= 0.6 is 0 Å². The minimum absolute atomic E-state index is 0.00642. The molecule has 15 atom stereocenters. The first-order valence-corrected chi connectivity index (χ1v) is 47.9. The van der Waals surface area contributed by atoms with Crippen molar-refractivity contribution in [3.8, 4) is 0 Å². The van der Waals surface area contributed by atoms with E-state index in [4.69, 9.17) is 85.3 Å². The predicted octanol–water partition coefficient (Wildman–Crippen LogP) is 1.77. The van der Waals surface area contributed by atoms with Gasteiger partial charge in [0.05, 0.1) is 39.6 Å². The lowest BCUT2D eigenvalue weighted by Gasteiger charge is -2.44. The van der Waals surface area contributed by atoms with Crippen LogP contribution in [0.3, 0.4) is 0 Å². The van der Waals surface area contributed by atoms with Crippen LogP contribution in [0.25, 0.3) is 0 Å². The molecule has 3 heterocycles. The van der Waals surface area contributed by atoms with Crippen LogP contribution in [0.1, 0.15) is 257 Å². The molecule has 3 rings (SSSR count). The van der Waals surface area contributed by atoms with Crippen molar-refractivity contribution in [3.05, 3.63) is 0 Å². The molecule has 0 aliphatic carbocycles. The maximum absolute atomic E-state index is 14.1. The van der Waals surface area contributed by atoms with E-state index in [-0.39, 0.29) is 167 Å². The highest BCUT2D eigenvalue weighted by molar-refractivity contribution is 5.80. The van der Waals surface area contributed by atoms with Crippen LogP contribution in [0.4, 0.5) is 0 Å². The Balaban J connectivity index is 1.66. The first-order valence-electron chi connectivity index (χ1n) is 47.9. The molecule has 0 radical (unpaired) electrons. The number of hydrogen-bond acceptors (Lipinski definition) is 37. The molecule has 10 N–H and O–H groups in total. The van der Waals surface area contributed by atoms with Gasteiger partial charge in [-0.05, 0) is 64.2 Å². The molecular formula is C92H152N10O37. The summed E-state index contributed by atoms with van der Waals surface area (Å²) in [5, 5.41) is 27.8. The second-order valence-corrected chi connectivity index (χ2v) is 34.0.